The van der Waals surface area contributed by atoms with Gasteiger partial charge in [0.15, 0.2) is 17.2 Å². The van der Waals surface area contributed by atoms with Gasteiger partial charge in [0.2, 0.25) is 5.96 Å². The lowest BCUT2D eigenvalue weighted by atomic mass is 9.98. The molecule has 0 bridgehead atoms. The van der Waals surface area contributed by atoms with Crippen LogP contribution in [-0.2, 0) is 5.66 Å². The summed E-state index contributed by atoms with van der Waals surface area (Å²) in [6.45, 7) is 4.45. The van der Waals surface area contributed by atoms with Crippen LogP contribution in [0.2, 0.25) is 0 Å². The van der Waals surface area contributed by atoms with Gasteiger partial charge < -0.3 is 29.5 Å². The zero-order valence-electron chi connectivity index (χ0n) is 18.5. The number of nitrogens with one attached hydrogen (secondary N) is 1. The van der Waals surface area contributed by atoms with Gasteiger partial charge in [0.25, 0.3) is 0 Å². The predicted molar refractivity (Wildman–Crippen MR) is 124 cm³/mol. The second kappa shape index (κ2) is 8.23. The van der Waals surface area contributed by atoms with E-state index in [2.05, 4.69) is 20.1 Å². The number of pyridine rings is 1. The molecule has 9 nitrogen and oxygen atoms in total. The molecule has 0 saturated carbocycles. The average molecular weight is 436 g/mol. The van der Waals surface area contributed by atoms with Gasteiger partial charge in [0.05, 0.1) is 0 Å². The first-order chi connectivity index (χ1) is 15.5. The minimum absolute atomic E-state index is 0.531. The van der Waals surface area contributed by atoms with Crippen molar-refractivity contribution in [2.24, 2.45) is 10.7 Å². The monoisotopic (exact) mass is 435 g/mol. The lowest BCUT2D eigenvalue weighted by Crippen LogP contribution is -2.56. The fourth-order valence-corrected chi connectivity index (χ4v) is 4.11. The maximum Gasteiger partial charge on any atom is 0.202 e. The zero-order chi connectivity index (χ0) is 22.1. The Morgan fingerprint density at radius 3 is 2.47 bits per heavy atom. The second-order valence-corrected chi connectivity index (χ2v) is 8.33. The standard InChI is InChI=1S/C23H29N7O2/c1-28(2)21-16-23(24,17-6-7-18-19(15-17)32-14-13-31-18)27-22(26-21)30-11-9-29(10-12-30)20-5-3-4-8-25-20/h3-8,15-16H,9-14,24H2,1-2H3,(H,26,27). The molecule has 9 heteroatoms. The number of benzene rings is 1. The van der Waals surface area contributed by atoms with Crippen molar-refractivity contribution in [2.45, 2.75) is 5.66 Å². The van der Waals surface area contributed by atoms with Crippen LogP contribution in [0.15, 0.2) is 59.5 Å². The van der Waals surface area contributed by atoms with Crippen molar-refractivity contribution in [3.05, 3.63) is 60.1 Å². The molecule has 4 heterocycles. The van der Waals surface area contributed by atoms with Gasteiger partial charge >= 0.3 is 0 Å². The fraction of sp³-hybridized carbons (Fsp3) is 0.391. The molecule has 0 radical (unpaired) electrons. The first-order valence-electron chi connectivity index (χ1n) is 10.9. The molecule has 3 aliphatic heterocycles. The lowest BCUT2D eigenvalue weighted by Gasteiger charge is -2.41. The number of anilines is 1. The molecule has 32 heavy (non-hydrogen) atoms. The topological polar surface area (TPSA) is 91.5 Å². The van der Waals surface area contributed by atoms with Crippen LogP contribution >= 0.6 is 0 Å². The Bertz CT molecular complexity index is 1030. The van der Waals surface area contributed by atoms with Gasteiger partial charge in [-0.15, -0.1) is 0 Å². The Kier molecular flexibility index (Phi) is 5.26. The van der Waals surface area contributed by atoms with Crippen LogP contribution in [0, 0.1) is 0 Å². The number of hydrogen-bond donors (Lipinski definition) is 2. The minimum atomic E-state index is -1.02. The highest BCUT2D eigenvalue weighted by Gasteiger charge is 2.34. The third-order valence-corrected chi connectivity index (χ3v) is 5.93. The van der Waals surface area contributed by atoms with Crippen LogP contribution in [0.25, 0.3) is 0 Å². The quantitative estimate of drug-likeness (QED) is 0.742. The zero-order valence-corrected chi connectivity index (χ0v) is 18.5. The summed E-state index contributed by atoms with van der Waals surface area (Å²) < 4.78 is 11.4. The summed E-state index contributed by atoms with van der Waals surface area (Å²) in [5.74, 6) is 4.12. The Balaban J connectivity index is 1.40. The van der Waals surface area contributed by atoms with Crippen LogP contribution in [0.5, 0.6) is 11.5 Å². The molecule has 0 amide bonds. The van der Waals surface area contributed by atoms with Crippen LogP contribution in [-0.4, -0.2) is 74.2 Å². The van der Waals surface area contributed by atoms with Crippen molar-refractivity contribution < 1.29 is 9.47 Å². The van der Waals surface area contributed by atoms with Crippen LogP contribution in [0.1, 0.15) is 5.56 Å². The van der Waals surface area contributed by atoms with E-state index in [1.54, 1.807) is 0 Å². The van der Waals surface area contributed by atoms with E-state index in [1.807, 2.05) is 67.7 Å². The van der Waals surface area contributed by atoms with E-state index in [1.165, 1.54) is 0 Å². The Morgan fingerprint density at radius 1 is 1.00 bits per heavy atom. The third-order valence-electron chi connectivity index (χ3n) is 5.93. The van der Waals surface area contributed by atoms with Gasteiger partial charge in [0.1, 0.15) is 24.9 Å². The smallest absolute Gasteiger partial charge is 0.202 e. The van der Waals surface area contributed by atoms with Crippen LogP contribution in [0.4, 0.5) is 5.82 Å². The number of rotatable bonds is 3. The van der Waals surface area contributed by atoms with Crippen molar-refractivity contribution in [3.63, 3.8) is 0 Å². The van der Waals surface area contributed by atoms with E-state index >= 15 is 0 Å². The van der Waals surface area contributed by atoms with Crippen molar-refractivity contribution in [3.8, 4) is 11.5 Å². The number of ether oxygens (including phenoxy) is 2. The fourth-order valence-electron chi connectivity index (χ4n) is 4.11. The summed E-state index contributed by atoms with van der Waals surface area (Å²) in [6, 6.07) is 11.8. The highest BCUT2D eigenvalue weighted by atomic mass is 16.6. The van der Waals surface area contributed by atoms with E-state index in [4.69, 9.17) is 20.2 Å². The molecule has 0 aliphatic carbocycles. The summed E-state index contributed by atoms with van der Waals surface area (Å²) in [4.78, 5) is 16.0. The number of guanidine groups is 1. The number of aromatic nitrogens is 1. The number of hydrogen-bond acceptors (Lipinski definition) is 9. The van der Waals surface area contributed by atoms with E-state index in [0.717, 1.165) is 55.1 Å². The summed E-state index contributed by atoms with van der Waals surface area (Å²) in [7, 11) is 3.98. The van der Waals surface area contributed by atoms with E-state index < -0.39 is 5.66 Å². The molecule has 1 aromatic heterocycles. The number of nitrogens with zero attached hydrogens (tertiary/aromatic N) is 5. The van der Waals surface area contributed by atoms with Crippen molar-refractivity contribution in [1.82, 2.24) is 20.1 Å². The first-order valence-corrected chi connectivity index (χ1v) is 10.9. The summed E-state index contributed by atoms with van der Waals surface area (Å²) in [5, 5.41) is 3.46. The molecule has 3 aliphatic rings. The molecule has 1 atom stereocenters. The minimum Gasteiger partial charge on any atom is -0.486 e. The molecule has 3 N–H and O–H groups in total. The molecule has 168 valence electrons. The molecule has 0 spiro atoms. The van der Waals surface area contributed by atoms with E-state index in [9.17, 15) is 0 Å². The van der Waals surface area contributed by atoms with Gasteiger partial charge in [-0.05, 0) is 24.3 Å². The number of aliphatic imine (C=N–C) groups is 1. The van der Waals surface area contributed by atoms with Gasteiger partial charge in [0, 0.05) is 58.1 Å². The van der Waals surface area contributed by atoms with Gasteiger partial charge in [-0.1, -0.05) is 12.1 Å². The summed E-state index contributed by atoms with van der Waals surface area (Å²) >= 11 is 0. The lowest BCUT2D eigenvalue weighted by molar-refractivity contribution is 0.171. The summed E-state index contributed by atoms with van der Waals surface area (Å²) in [6.07, 6.45) is 3.78. The first kappa shape index (κ1) is 20.4. The second-order valence-electron chi connectivity index (χ2n) is 8.33. The maximum atomic E-state index is 6.88. The highest BCUT2D eigenvalue weighted by Crippen LogP contribution is 2.36. The molecule has 1 saturated heterocycles. The molecule has 1 aromatic carbocycles. The average Bonchev–Trinajstić information content (AvgIpc) is 2.84. The number of nitrogens with two attached hydrogens (primary N) is 1. The Hall–Kier alpha value is -3.46. The Morgan fingerprint density at radius 2 is 1.75 bits per heavy atom. The van der Waals surface area contributed by atoms with E-state index in [0.29, 0.717) is 19.0 Å². The van der Waals surface area contributed by atoms with Crippen molar-refractivity contribution >= 4 is 11.8 Å². The molecule has 1 fully saturated rings. The summed E-state index contributed by atoms with van der Waals surface area (Å²) in [5.41, 5.74) is 6.72. The van der Waals surface area contributed by atoms with Gasteiger partial charge in [-0.3, -0.25) is 5.73 Å². The molecular formula is C23H29N7O2. The molecule has 1 unspecified atom stereocenters. The number of piperazine rings is 1. The highest BCUT2D eigenvalue weighted by molar-refractivity contribution is 5.84. The molecule has 5 rings (SSSR count). The molecule has 2 aromatic rings. The van der Waals surface area contributed by atoms with Crippen LogP contribution < -0.4 is 25.4 Å². The molecular weight excluding hydrogens is 406 g/mol. The largest absolute Gasteiger partial charge is 0.486 e. The van der Waals surface area contributed by atoms with Gasteiger partial charge in [-0.25, -0.2) is 9.98 Å². The third kappa shape index (κ3) is 3.91. The normalized spacial score (nSPS) is 22.6. The van der Waals surface area contributed by atoms with E-state index in [-0.39, 0.29) is 0 Å². The SMILES string of the molecule is CN(C)C1=CC(N)(c2ccc3c(c2)OCCO3)N=C(N2CCN(c3ccccn3)CC2)N1. The van der Waals surface area contributed by atoms with Gasteiger partial charge in [-0.2, -0.15) is 0 Å². The van der Waals surface area contributed by atoms with Crippen molar-refractivity contribution in [1.29, 1.82) is 0 Å². The van der Waals surface area contributed by atoms with Crippen LogP contribution in [0.3, 0.4) is 0 Å². The predicted octanol–water partition coefficient (Wildman–Crippen LogP) is 1.15. The maximum absolute atomic E-state index is 6.88. The Labute approximate surface area is 188 Å². The van der Waals surface area contributed by atoms with Crippen molar-refractivity contribution in [2.75, 3.05) is 58.4 Å². The number of fused-ring (bicyclic) bond motifs is 1.